The fourth-order valence-corrected chi connectivity index (χ4v) is 4.33. The molecule has 0 bridgehead atoms. The molecule has 3 aromatic rings. The first kappa shape index (κ1) is 21.1. The van der Waals surface area contributed by atoms with Gasteiger partial charge in [-0.15, -0.1) is 0 Å². The van der Waals surface area contributed by atoms with Crippen LogP contribution in [0.4, 0.5) is 10.5 Å². The number of benzene rings is 3. The second-order valence-corrected chi connectivity index (χ2v) is 8.63. The van der Waals surface area contributed by atoms with Gasteiger partial charge < -0.3 is 10.1 Å². The number of carbonyl (C=O) groups excluding carboxylic acids is 3. The molecule has 6 nitrogen and oxygen atoms in total. The number of nitrogens with zero attached hydrogens (tertiary/aromatic N) is 1. The second-order valence-electron chi connectivity index (χ2n) is 6.73. The molecule has 0 aliphatic carbocycles. The van der Waals surface area contributed by atoms with Crippen LogP contribution >= 0.6 is 27.7 Å². The summed E-state index contributed by atoms with van der Waals surface area (Å²) in [6, 6.07) is 18.5. The molecule has 0 radical (unpaired) electrons. The molecule has 1 aliphatic rings. The molecule has 8 heteroatoms. The van der Waals surface area contributed by atoms with E-state index in [-0.39, 0.29) is 11.4 Å². The number of thioether (sulfide) groups is 1. The zero-order valence-electron chi connectivity index (χ0n) is 16.4. The van der Waals surface area contributed by atoms with Crippen LogP contribution in [-0.2, 0) is 9.59 Å². The summed E-state index contributed by atoms with van der Waals surface area (Å²) in [5, 5.41) is 4.10. The molecule has 0 spiro atoms. The van der Waals surface area contributed by atoms with Crippen molar-refractivity contribution in [3.8, 4) is 5.75 Å². The average molecular weight is 497 g/mol. The van der Waals surface area contributed by atoms with Gasteiger partial charge in [0.25, 0.3) is 11.1 Å². The van der Waals surface area contributed by atoms with Gasteiger partial charge in [0.15, 0.2) is 0 Å². The summed E-state index contributed by atoms with van der Waals surface area (Å²) in [6.45, 7) is -0.356. The van der Waals surface area contributed by atoms with Crippen molar-refractivity contribution in [2.24, 2.45) is 0 Å². The fraction of sp³-hybridized carbons (Fsp3) is 0.0870. The number of hydrogen-bond donors (Lipinski definition) is 1. The summed E-state index contributed by atoms with van der Waals surface area (Å²) in [4.78, 5) is 38.9. The van der Waals surface area contributed by atoms with Gasteiger partial charge in [0.2, 0.25) is 5.91 Å². The van der Waals surface area contributed by atoms with E-state index in [4.69, 9.17) is 4.74 Å². The van der Waals surface area contributed by atoms with Gasteiger partial charge in [-0.1, -0.05) is 46.3 Å². The predicted molar refractivity (Wildman–Crippen MR) is 126 cm³/mol. The third-order valence-electron chi connectivity index (χ3n) is 4.73. The minimum Gasteiger partial charge on any atom is -0.496 e. The molecule has 3 aromatic carbocycles. The molecule has 3 amide bonds. The van der Waals surface area contributed by atoms with Gasteiger partial charge in [-0.2, -0.15) is 0 Å². The van der Waals surface area contributed by atoms with Crippen LogP contribution in [0.15, 0.2) is 70.0 Å². The van der Waals surface area contributed by atoms with Gasteiger partial charge in [-0.25, -0.2) is 0 Å². The van der Waals surface area contributed by atoms with E-state index in [0.29, 0.717) is 17.0 Å². The monoisotopic (exact) mass is 496 g/mol. The first-order valence-corrected chi connectivity index (χ1v) is 10.9. The Labute approximate surface area is 191 Å². The second kappa shape index (κ2) is 8.95. The van der Waals surface area contributed by atoms with E-state index in [2.05, 4.69) is 21.2 Å². The SMILES string of the molecule is COc1ccc2ccccc2c1/C=C1/SC(=O)N(CC(=O)Nc2ccc(Br)cc2)C1=O. The number of ether oxygens (including phenoxy) is 1. The average Bonchev–Trinajstić information content (AvgIpc) is 3.03. The summed E-state index contributed by atoms with van der Waals surface area (Å²) < 4.78 is 6.34. The number of methoxy groups -OCH3 is 1. The molecule has 0 saturated carbocycles. The highest BCUT2D eigenvalue weighted by atomic mass is 79.9. The van der Waals surface area contributed by atoms with Crippen molar-refractivity contribution in [3.05, 3.63) is 75.6 Å². The minimum absolute atomic E-state index is 0.246. The van der Waals surface area contributed by atoms with Crippen molar-refractivity contribution in [2.45, 2.75) is 0 Å². The first-order valence-electron chi connectivity index (χ1n) is 9.33. The lowest BCUT2D eigenvalue weighted by molar-refractivity contribution is -0.127. The molecule has 0 atom stereocenters. The lowest BCUT2D eigenvalue weighted by Gasteiger charge is -2.12. The van der Waals surface area contributed by atoms with Crippen LogP contribution in [0.3, 0.4) is 0 Å². The Kier molecular flexibility index (Phi) is 6.11. The van der Waals surface area contributed by atoms with Crippen molar-refractivity contribution in [1.29, 1.82) is 0 Å². The summed E-state index contributed by atoms with van der Waals surface area (Å²) in [5.41, 5.74) is 1.29. The van der Waals surface area contributed by atoms with Gasteiger partial charge >= 0.3 is 0 Å². The summed E-state index contributed by atoms with van der Waals surface area (Å²) in [7, 11) is 1.56. The maximum absolute atomic E-state index is 12.9. The number of carbonyl (C=O) groups is 3. The molecule has 1 aliphatic heterocycles. The van der Waals surface area contributed by atoms with Gasteiger partial charge in [0.05, 0.1) is 12.0 Å². The van der Waals surface area contributed by atoms with Gasteiger partial charge in [-0.05, 0) is 58.9 Å². The first-order chi connectivity index (χ1) is 15.0. The number of amides is 3. The Morgan fingerprint density at radius 2 is 1.84 bits per heavy atom. The van der Waals surface area contributed by atoms with Crippen LogP contribution in [0.1, 0.15) is 5.56 Å². The summed E-state index contributed by atoms with van der Waals surface area (Å²) in [6.07, 6.45) is 1.65. The molecular weight excluding hydrogens is 480 g/mol. The van der Waals surface area contributed by atoms with E-state index < -0.39 is 17.1 Å². The van der Waals surface area contributed by atoms with Crippen LogP contribution in [0.2, 0.25) is 0 Å². The zero-order chi connectivity index (χ0) is 22.0. The number of halogens is 1. The zero-order valence-corrected chi connectivity index (χ0v) is 18.8. The van der Waals surface area contributed by atoms with E-state index in [1.165, 1.54) is 0 Å². The minimum atomic E-state index is -0.504. The molecule has 1 heterocycles. The van der Waals surface area contributed by atoms with Crippen LogP contribution in [-0.4, -0.2) is 35.6 Å². The Morgan fingerprint density at radius 1 is 1.10 bits per heavy atom. The number of rotatable bonds is 5. The van der Waals surface area contributed by atoms with Gasteiger partial charge in [0, 0.05) is 15.7 Å². The van der Waals surface area contributed by atoms with E-state index in [9.17, 15) is 14.4 Å². The van der Waals surface area contributed by atoms with Crippen molar-refractivity contribution >= 4 is 67.3 Å². The Balaban J connectivity index is 1.57. The number of imide groups is 1. The molecule has 1 saturated heterocycles. The van der Waals surface area contributed by atoms with Crippen molar-refractivity contribution in [2.75, 3.05) is 19.0 Å². The molecular formula is C23H17BrN2O4S. The molecule has 1 N–H and O–H groups in total. The smallest absolute Gasteiger partial charge is 0.294 e. The topological polar surface area (TPSA) is 75.7 Å². The predicted octanol–water partition coefficient (Wildman–Crippen LogP) is 5.29. The van der Waals surface area contributed by atoms with E-state index >= 15 is 0 Å². The number of anilines is 1. The Morgan fingerprint density at radius 3 is 2.58 bits per heavy atom. The number of nitrogens with one attached hydrogen (secondary N) is 1. The van der Waals surface area contributed by atoms with E-state index in [0.717, 1.165) is 31.9 Å². The number of fused-ring (bicyclic) bond motifs is 1. The van der Waals surface area contributed by atoms with Crippen LogP contribution in [0.25, 0.3) is 16.8 Å². The number of hydrogen-bond acceptors (Lipinski definition) is 5. The van der Waals surface area contributed by atoms with Crippen molar-refractivity contribution < 1.29 is 19.1 Å². The molecule has 0 unspecified atom stereocenters. The molecule has 1 fully saturated rings. The lowest BCUT2D eigenvalue weighted by atomic mass is 10.0. The highest BCUT2D eigenvalue weighted by Gasteiger charge is 2.36. The maximum Gasteiger partial charge on any atom is 0.294 e. The van der Waals surface area contributed by atoms with Gasteiger partial charge in [-0.3, -0.25) is 19.3 Å². The third kappa shape index (κ3) is 4.50. The Hall–Kier alpha value is -3.10. The van der Waals surface area contributed by atoms with E-state index in [1.54, 1.807) is 37.5 Å². The van der Waals surface area contributed by atoms with Crippen LogP contribution in [0.5, 0.6) is 5.75 Å². The van der Waals surface area contributed by atoms with Crippen molar-refractivity contribution in [1.82, 2.24) is 4.90 Å². The van der Waals surface area contributed by atoms with E-state index in [1.807, 2.05) is 36.4 Å². The fourth-order valence-electron chi connectivity index (χ4n) is 3.25. The largest absolute Gasteiger partial charge is 0.496 e. The van der Waals surface area contributed by atoms with Crippen LogP contribution in [0, 0.1) is 0 Å². The maximum atomic E-state index is 12.9. The Bertz CT molecular complexity index is 1220. The van der Waals surface area contributed by atoms with Crippen LogP contribution < -0.4 is 10.1 Å². The highest BCUT2D eigenvalue weighted by molar-refractivity contribution is 9.10. The summed E-state index contributed by atoms with van der Waals surface area (Å²) >= 11 is 4.14. The van der Waals surface area contributed by atoms with Gasteiger partial charge in [0.1, 0.15) is 12.3 Å². The molecule has 4 rings (SSSR count). The quantitative estimate of drug-likeness (QED) is 0.485. The standard InChI is InChI=1S/C23H17BrN2O4S/c1-30-19-11-6-14-4-2-3-5-17(14)18(19)12-20-22(28)26(23(29)31-20)13-21(27)25-16-9-7-15(24)8-10-16/h2-12H,13H2,1H3,(H,25,27)/b20-12+. The molecule has 31 heavy (non-hydrogen) atoms. The highest BCUT2D eigenvalue weighted by Crippen LogP contribution is 2.36. The summed E-state index contributed by atoms with van der Waals surface area (Å²) in [5.74, 6) is -0.358. The molecule has 156 valence electrons. The lowest BCUT2D eigenvalue weighted by Crippen LogP contribution is -2.36. The van der Waals surface area contributed by atoms with Crippen molar-refractivity contribution in [3.63, 3.8) is 0 Å². The normalized spacial score (nSPS) is 15.0. The molecule has 0 aromatic heterocycles. The third-order valence-corrected chi connectivity index (χ3v) is 6.17.